The molecule has 1 aromatic carbocycles. The van der Waals surface area contributed by atoms with Gasteiger partial charge in [-0.1, -0.05) is 17.9 Å². The summed E-state index contributed by atoms with van der Waals surface area (Å²) in [7, 11) is 0. The van der Waals surface area contributed by atoms with Gasteiger partial charge in [-0.2, -0.15) is 0 Å². The van der Waals surface area contributed by atoms with Crippen molar-refractivity contribution in [2.45, 2.75) is 70.2 Å². The molecule has 4 amide bonds. The van der Waals surface area contributed by atoms with Gasteiger partial charge in [0.1, 0.15) is 11.6 Å². The maximum absolute atomic E-state index is 13.1. The molecular formula is C27H32N4O5. The van der Waals surface area contributed by atoms with Crippen molar-refractivity contribution in [3.63, 3.8) is 0 Å². The molecule has 190 valence electrons. The van der Waals surface area contributed by atoms with E-state index < -0.39 is 17.6 Å². The van der Waals surface area contributed by atoms with Gasteiger partial charge in [0.25, 0.3) is 5.91 Å². The van der Waals surface area contributed by atoms with Gasteiger partial charge in [0.15, 0.2) is 0 Å². The van der Waals surface area contributed by atoms with Crippen molar-refractivity contribution >= 4 is 23.8 Å². The number of piperidine rings is 1. The summed E-state index contributed by atoms with van der Waals surface area (Å²) < 4.78 is 5.50. The van der Waals surface area contributed by atoms with Crippen molar-refractivity contribution < 1.29 is 23.9 Å². The van der Waals surface area contributed by atoms with Crippen LogP contribution in [0.1, 0.15) is 67.9 Å². The monoisotopic (exact) mass is 492 g/mol. The second kappa shape index (κ2) is 8.93. The molecule has 5 rings (SSSR count). The van der Waals surface area contributed by atoms with Crippen LogP contribution < -0.4 is 5.32 Å². The van der Waals surface area contributed by atoms with Crippen LogP contribution in [0.5, 0.6) is 0 Å². The average Bonchev–Trinajstić information content (AvgIpc) is 3.54. The number of carbonyl (C=O) groups is 4. The van der Waals surface area contributed by atoms with Gasteiger partial charge in [0, 0.05) is 50.3 Å². The van der Waals surface area contributed by atoms with E-state index in [1.165, 1.54) is 0 Å². The zero-order chi connectivity index (χ0) is 25.7. The van der Waals surface area contributed by atoms with Crippen molar-refractivity contribution in [1.82, 2.24) is 20.0 Å². The summed E-state index contributed by atoms with van der Waals surface area (Å²) >= 11 is 0. The number of nitrogens with one attached hydrogen (secondary N) is 1. The van der Waals surface area contributed by atoms with Crippen LogP contribution in [0.2, 0.25) is 0 Å². The Kier molecular flexibility index (Phi) is 6.03. The van der Waals surface area contributed by atoms with E-state index in [4.69, 9.17) is 4.74 Å². The number of hydrogen-bond donors (Lipinski definition) is 1. The first-order valence-electron chi connectivity index (χ1n) is 12.6. The number of rotatable bonds is 2. The summed E-state index contributed by atoms with van der Waals surface area (Å²) in [4.78, 5) is 55.0. The van der Waals surface area contributed by atoms with E-state index in [0.29, 0.717) is 31.6 Å². The predicted molar refractivity (Wildman–Crippen MR) is 131 cm³/mol. The van der Waals surface area contributed by atoms with Crippen LogP contribution in [0.4, 0.5) is 4.79 Å². The molecule has 3 aliphatic heterocycles. The Balaban J connectivity index is 1.27. The molecular weight excluding hydrogens is 460 g/mol. The molecule has 1 N–H and O–H groups in total. The lowest BCUT2D eigenvalue weighted by atomic mass is 10.0. The molecule has 0 radical (unpaired) electrons. The molecule has 2 saturated heterocycles. The molecule has 4 aliphatic rings. The van der Waals surface area contributed by atoms with Crippen LogP contribution in [0.3, 0.4) is 0 Å². The van der Waals surface area contributed by atoms with E-state index in [0.717, 1.165) is 37.1 Å². The first-order valence-corrected chi connectivity index (χ1v) is 12.6. The Morgan fingerprint density at radius 2 is 1.83 bits per heavy atom. The first kappa shape index (κ1) is 24.3. The van der Waals surface area contributed by atoms with Crippen LogP contribution >= 0.6 is 0 Å². The van der Waals surface area contributed by atoms with Gasteiger partial charge in [-0.05, 0) is 57.7 Å². The molecule has 0 aromatic heterocycles. The normalized spacial score (nSPS) is 23.5. The average molecular weight is 493 g/mol. The summed E-state index contributed by atoms with van der Waals surface area (Å²) in [5, 5.41) is 2.34. The number of imide groups is 1. The highest BCUT2D eigenvalue weighted by atomic mass is 16.6. The Morgan fingerprint density at radius 3 is 2.47 bits per heavy atom. The number of ether oxygens (including phenoxy) is 1. The van der Waals surface area contributed by atoms with Crippen molar-refractivity contribution in [3.8, 4) is 11.8 Å². The molecule has 0 spiro atoms. The van der Waals surface area contributed by atoms with Crippen molar-refractivity contribution in [1.29, 1.82) is 0 Å². The number of benzene rings is 1. The summed E-state index contributed by atoms with van der Waals surface area (Å²) in [6.45, 7) is 8.61. The van der Waals surface area contributed by atoms with Crippen LogP contribution in [0, 0.1) is 11.8 Å². The number of nitrogens with zero attached hydrogens (tertiary/aromatic N) is 3. The molecule has 1 saturated carbocycles. The Labute approximate surface area is 211 Å². The van der Waals surface area contributed by atoms with Gasteiger partial charge in [-0.3, -0.25) is 24.6 Å². The van der Waals surface area contributed by atoms with E-state index in [9.17, 15) is 19.2 Å². The molecule has 3 fully saturated rings. The lowest BCUT2D eigenvalue weighted by molar-refractivity contribution is -0.136. The fourth-order valence-electron chi connectivity index (χ4n) is 5.17. The third-order valence-electron chi connectivity index (χ3n) is 7.27. The highest BCUT2D eigenvalue weighted by molar-refractivity contribution is 6.05. The lowest BCUT2D eigenvalue weighted by Crippen LogP contribution is -2.53. The van der Waals surface area contributed by atoms with Gasteiger partial charge in [-0.15, -0.1) is 0 Å². The highest BCUT2D eigenvalue weighted by Crippen LogP contribution is 2.42. The molecule has 1 unspecified atom stereocenters. The topological polar surface area (TPSA) is 99.3 Å². The van der Waals surface area contributed by atoms with Gasteiger partial charge in [0.2, 0.25) is 11.8 Å². The van der Waals surface area contributed by atoms with Crippen molar-refractivity contribution in [2.24, 2.45) is 0 Å². The summed E-state index contributed by atoms with van der Waals surface area (Å²) in [6, 6.07) is 4.88. The molecule has 9 nitrogen and oxygen atoms in total. The molecule has 3 heterocycles. The van der Waals surface area contributed by atoms with Crippen LogP contribution in [0.25, 0.3) is 0 Å². The minimum atomic E-state index is -0.639. The van der Waals surface area contributed by atoms with Gasteiger partial charge < -0.3 is 14.5 Å². The fourth-order valence-corrected chi connectivity index (χ4v) is 5.17. The quantitative estimate of drug-likeness (QED) is 0.500. The fraction of sp³-hybridized carbons (Fsp3) is 0.556. The highest BCUT2D eigenvalue weighted by Gasteiger charge is 2.48. The second-order valence-electron chi connectivity index (χ2n) is 11.0. The third kappa shape index (κ3) is 4.70. The zero-order valence-electron chi connectivity index (χ0n) is 21.1. The molecule has 1 atom stereocenters. The third-order valence-corrected chi connectivity index (χ3v) is 7.27. The molecule has 1 aliphatic carbocycles. The van der Waals surface area contributed by atoms with E-state index in [-0.39, 0.29) is 29.9 Å². The molecule has 36 heavy (non-hydrogen) atoms. The van der Waals surface area contributed by atoms with E-state index in [1.54, 1.807) is 15.9 Å². The molecule has 0 bridgehead atoms. The maximum Gasteiger partial charge on any atom is 0.410 e. The Hall–Kier alpha value is -3.38. The Bertz CT molecular complexity index is 1180. The second-order valence-corrected chi connectivity index (χ2v) is 11.0. The number of amides is 4. The lowest BCUT2D eigenvalue weighted by Gasteiger charge is -2.38. The number of piperazine rings is 1. The molecule has 9 heteroatoms. The number of carbonyl (C=O) groups excluding carboxylic acids is 4. The predicted octanol–water partition coefficient (Wildman–Crippen LogP) is 1.88. The molecule has 1 aromatic rings. The number of hydrogen-bond acceptors (Lipinski definition) is 6. The summed E-state index contributed by atoms with van der Waals surface area (Å²) in [5.74, 6) is 5.92. The summed E-state index contributed by atoms with van der Waals surface area (Å²) in [6.07, 6.45) is 2.24. The SMILES string of the molecule is CC(C)(C)OC(=O)N1CCN(C2(C#Cc3cccc4c3CN(C3CCC(=O)NC3=O)C4=O)CC2)CC1. The van der Waals surface area contributed by atoms with Gasteiger partial charge >= 0.3 is 6.09 Å². The van der Waals surface area contributed by atoms with Crippen LogP contribution in [-0.2, 0) is 20.9 Å². The minimum absolute atomic E-state index is 0.192. The van der Waals surface area contributed by atoms with Crippen molar-refractivity contribution in [2.75, 3.05) is 26.2 Å². The van der Waals surface area contributed by atoms with E-state index in [1.807, 2.05) is 32.9 Å². The summed E-state index contributed by atoms with van der Waals surface area (Å²) in [5.41, 5.74) is 1.50. The first-order chi connectivity index (χ1) is 17.1. The van der Waals surface area contributed by atoms with Crippen molar-refractivity contribution in [3.05, 3.63) is 34.9 Å². The zero-order valence-corrected chi connectivity index (χ0v) is 21.1. The van der Waals surface area contributed by atoms with Crippen LogP contribution in [0.15, 0.2) is 18.2 Å². The number of fused-ring (bicyclic) bond motifs is 1. The van der Waals surface area contributed by atoms with Crippen LogP contribution in [-0.4, -0.2) is 81.9 Å². The van der Waals surface area contributed by atoms with Gasteiger partial charge in [0.05, 0.1) is 5.54 Å². The largest absolute Gasteiger partial charge is 0.444 e. The van der Waals surface area contributed by atoms with E-state index >= 15 is 0 Å². The standard InChI is InChI=1S/C27H32N4O5/c1-26(2,3)36-25(35)29-13-15-30(16-14-29)27(11-12-27)10-9-18-5-4-6-19-20(18)17-31(24(19)34)21-7-8-22(32)28-23(21)33/h4-6,21H,7-8,11-17H2,1-3H3,(H,28,32,33). The minimum Gasteiger partial charge on any atom is -0.444 e. The Morgan fingerprint density at radius 1 is 1.11 bits per heavy atom. The smallest absolute Gasteiger partial charge is 0.410 e. The maximum atomic E-state index is 13.1. The van der Waals surface area contributed by atoms with E-state index in [2.05, 4.69) is 22.1 Å². The van der Waals surface area contributed by atoms with Gasteiger partial charge in [-0.25, -0.2) is 4.79 Å².